The number of H-pyrrole nitrogens is 1. The van der Waals surface area contributed by atoms with Gasteiger partial charge in [-0.2, -0.15) is 10.1 Å². The van der Waals surface area contributed by atoms with Gasteiger partial charge in [-0.1, -0.05) is 25.7 Å². The molecule has 1 aliphatic carbocycles. The van der Waals surface area contributed by atoms with Crippen molar-refractivity contribution < 1.29 is 0 Å². The third kappa shape index (κ3) is 3.50. The largest absolute Gasteiger partial charge is 0.335 e. The molecule has 0 aromatic carbocycles. The smallest absolute Gasteiger partial charge is 0.227 e. The number of nitrogens with one attached hydrogen (secondary N) is 1. The number of hydrogen-bond acceptors (Lipinski definition) is 5. The molecule has 0 saturated heterocycles. The minimum absolute atomic E-state index is 0.723. The number of aromatic amines is 1. The first-order valence-corrected chi connectivity index (χ1v) is 9.09. The minimum atomic E-state index is 0.723. The molecular weight excluding hydrogens is 314 g/mol. The molecule has 7 heteroatoms. The summed E-state index contributed by atoms with van der Waals surface area (Å²) >= 11 is 0. The maximum absolute atomic E-state index is 4.76. The number of imidazole rings is 1. The van der Waals surface area contributed by atoms with E-state index in [1.54, 1.807) is 6.33 Å². The lowest BCUT2D eigenvalue weighted by Gasteiger charge is -2.23. The van der Waals surface area contributed by atoms with Crippen molar-refractivity contribution in [3.8, 4) is 0 Å². The van der Waals surface area contributed by atoms with Gasteiger partial charge in [0.15, 0.2) is 5.65 Å². The van der Waals surface area contributed by atoms with Crippen LogP contribution < -0.4 is 4.90 Å². The number of aryl methyl sites for hydroxylation is 2. The maximum Gasteiger partial charge on any atom is 0.227 e. The van der Waals surface area contributed by atoms with Gasteiger partial charge in [0, 0.05) is 19.3 Å². The van der Waals surface area contributed by atoms with Gasteiger partial charge in [0.2, 0.25) is 5.95 Å². The number of rotatable bonds is 6. The third-order valence-electron chi connectivity index (χ3n) is 5.12. The quantitative estimate of drug-likeness (QED) is 0.747. The molecule has 1 N–H and O–H groups in total. The monoisotopic (exact) mass is 339 g/mol. The molecule has 1 fully saturated rings. The van der Waals surface area contributed by atoms with E-state index in [2.05, 4.69) is 31.1 Å². The molecule has 1 saturated carbocycles. The SMILES string of the molecule is Cc1cc(CN(CCC2CCCC2)c2ncc3ncn(C)c3n2)n[nH]1. The first-order chi connectivity index (χ1) is 12.2. The van der Waals surface area contributed by atoms with Crippen molar-refractivity contribution in [3.63, 3.8) is 0 Å². The zero-order valence-electron chi connectivity index (χ0n) is 14.9. The number of fused-ring (bicyclic) bond motifs is 1. The highest BCUT2D eigenvalue weighted by Crippen LogP contribution is 2.28. The van der Waals surface area contributed by atoms with Gasteiger partial charge < -0.3 is 9.47 Å². The second-order valence-electron chi connectivity index (χ2n) is 7.14. The average Bonchev–Trinajstić information content (AvgIpc) is 3.34. The maximum atomic E-state index is 4.76. The van der Waals surface area contributed by atoms with E-state index in [9.17, 15) is 0 Å². The molecule has 3 heterocycles. The fraction of sp³-hybridized carbons (Fsp3) is 0.556. The Morgan fingerprint density at radius 1 is 1.28 bits per heavy atom. The molecule has 3 aromatic rings. The number of nitrogens with zero attached hydrogens (tertiary/aromatic N) is 6. The fourth-order valence-electron chi connectivity index (χ4n) is 3.70. The Labute approximate surface area is 147 Å². The van der Waals surface area contributed by atoms with E-state index in [1.165, 1.54) is 32.1 Å². The van der Waals surface area contributed by atoms with Crippen molar-refractivity contribution in [1.29, 1.82) is 0 Å². The van der Waals surface area contributed by atoms with Crippen molar-refractivity contribution in [3.05, 3.63) is 30.0 Å². The van der Waals surface area contributed by atoms with E-state index in [4.69, 9.17) is 4.98 Å². The van der Waals surface area contributed by atoms with E-state index in [1.807, 2.05) is 24.7 Å². The number of anilines is 1. The second kappa shape index (κ2) is 6.82. The Hall–Kier alpha value is -2.44. The van der Waals surface area contributed by atoms with Crippen molar-refractivity contribution in [2.75, 3.05) is 11.4 Å². The van der Waals surface area contributed by atoms with Gasteiger partial charge in [-0.3, -0.25) is 5.10 Å². The molecule has 0 aliphatic heterocycles. The highest BCUT2D eigenvalue weighted by Gasteiger charge is 2.19. The summed E-state index contributed by atoms with van der Waals surface area (Å²) in [6.45, 7) is 3.71. The van der Waals surface area contributed by atoms with Gasteiger partial charge in [-0.25, -0.2) is 9.97 Å². The molecule has 1 aliphatic rings. The highest BCUT2D eigenvalue weighted by molar-refractivity contribution is 5.70. The highest BCUT2D eigenvalue weighted by atomic mass is 15.3. The van der Waals surface area contributed by atoms with Crippen molar-refractivity contribution in [1.82, 2.24) is 29.7 Å². The normalized spacial score (nSPS) is 15.3. The molecule has 0 bridgehead atoms. The molecule has 3 aromatic heterocycles. The molecule has 0 amide bonds. The van der Waals surface area contributed by atoms with Crippen LogP contribution in [0.1, 0.15) is 43.5 Å². The van der Waals surface area contributed by atoms with Crippen LogP contribution in [-0.2, 0) is 13.6 Å². The molecule has 0 radical (unpaired) electrons. The zero-order chi connectivity index (χ0) is 17.2. The minimum Gasteiger partial charge on any atom is -0.335 e. The number of aromatic nitrogens is 6. The van der Waals surface area contributed by atoms with Crippen LogP contribution >= 0.6 is 0 Å². The summed E-state index contributed by atoms with van der Waals surface area (Å²) < 4.78 is 1.94. The van der Waals surface area contributed by atoms with Crippen molar-refractivity contribution in [2.45, 2.75) is 45.6 Å². The van der Waals surface area contributed by atoms with Crippen LogP contribution in [0.4, 0.5) is 5.95 Å². The zero-order valence-corrected chi connectivity index (χ0v) is 14.9. The van der Waals surface area contributed by atoms with Crippen LogP contribution in [0.2, 0.25) is 0 Å². The summed E-state index contributed by atoms with van der Waals surface area (Å²) in [5, 5.41) is 7.42. The Bertz CT molecular complexity index is 844. The topological polar surface area (TPSA) is 75.5 Å². The standard InChI is InChI=1S/C18H25N7/c1-13-9-15(23-22-13)11-25(8-7-14-5-3-4-6-14)18-19-10-16-17(21-18)24(2)12-20-16/h9-10,12,14H,3-8,11H2,1-2H3,(H,22,23). The van der Waals surface area contributed by atoms with Gasteiger partial charge in [0.05, 0.1) is 24.8 Å². The van der Waals surface area contributed by atoms with Gasteiger partial charge in [0.25, 0.3) is 0 Å². The Kier molecular flexibility index (Phi) is 4.38. The van der Waals surface area contributed by atoms with Crippen LogP contribution in [0.15, 0.2) is 18.6 Å². The molecular formula is C18H25N7. The molecule has 0 atom stereocenters. The van der Waals surface area contributed by atoms with Gasteiger partial charge in [0.1, 0.15) is 5.52 Å². The van der Waals surface area contributed by atoms with Crippen molar-refractivity contribution in [2.24, 2.45) is 13.0 Å². The van der Waals surface area contributed by atoms with Crippen LogP contribution in [-0.4, -0.2) is 36.3 Å². The summed E-state index contributed by atoms with van der Waals surface area (Å²) in [4.78, 5) is 15.9. The van der Waals surface area contributed by atoms with Crippen LogP contribution in [0, 0.1) is 12.8 Å². The Balaban J connectivity index is 1.58. The van der Waals surface area contributed by atoms with Crippen molar-refractivity contribution >= 4 is 17.1 Å². The molecule has 25 heavy (non-hydrogen) atoms. The van der Waals surface area contributed by atoms with Gasteiger partial charge in [-0.15, -0.1) is 0 Å². The molecule has 4 rings (SSSR count). The van der Waals surface area contributed by atoms with E-state index in [-0.39, 0.29) is 0 Å². The average molecular weight is 339 g/mol. The molecule has 0 unspecified atom stereocenters. The summed E-state index contributed by atoms with van der Waals surface area (Å²) in [5.74, 6) is 1.60. The Morgan fingerprint density at radius 3 is 2.88 bits per heavy atom. The summed E-state index contributed by atoms with van der Waals surface area (Å²) in [6.07, 6.45) is 10.3. The van der Waals surface area contributed by atoms with Gasteiger partial charge >= 0.3 is 0 Å². The van der Waals surface area contributed by atoms with E-state index in [0.29, 0.717) is 0 Å². The number of hydrogen-bond donors (Lipinski definition) is 1. The fourth-order valence-corrected chi connectivity index (χ4v) is 3.70. The molecule has 7 nitrogen and oxygen atoms in total. The van der Waals surface area contributed by atoms with Crippen LogP contribution in [0.25, 0.3) is 11.2 Å². The summed E-state index contributed by atoms with van der Waals surface area (Å²) in [6, 6.07) is 2.09. The third-order valence-corrected chi connectivity index (χ3v) is 5.12. The molecule has 0 spiro atoms. The lowest BCUT2D eigenvalue weighted by molar-refractivity contribution is 0.495. The molecule has 132 valence electrons. The Morgan fingerprint density at radius 2 is 2.12 bits per heavy atom. The second-order valence-corrected chi connectivity index (χ2v) is 7.14. The summed E-state index contributed by atoms with van der Waals surface area (Å²) in [7, 11) is 1.96. The van der Waals surface area contributed by atoms with Crippen LogP contribution in [0.5, 0.6) is 0 Å². The predicted molar refractivity (Wildman–Crippen MR) is 97.3 cm³/mol. The predicted octanol–water partition coefficient (Wildman–Crippen LogP) is 2.98. The lowest BCUT2D eigenvalue weighted by Crippen LogP contribution is -2.27. The lowest BCUT2D eigenvalue weighted by atomic mass is 10.0. The van der Waals surface area contributed by atoms with Crippen LogP contribution in [0.3, 0.4) is 0 Å². The van der Waals surface area contributed by atoms with Gasteiger partial charge in [-0.05, 0) is 25.3 Å². The van der Waals surface area contributed by atoms with E-state index >= 15 is 0 Å². The first kappa shape index (κ1) is 16.1. The summed E-state index contributed by atoms with van der Waals surface area (Å²) in [5.41, 5.74) is 3.80. The van der Waals surface area contributed by atoms with E-state index < -0.39 is 0 Å². The first-order valence-electron chi connectivity index (χ1n) is 9.09. The van der Waals surface area contributed by atoms with E-state index in [0.717, 1.165) is 47.5 Å².